The Kier molecular flexibility index (Phi) is 5.70. The number of aliphatic hydroxyl groups excluding tert-OH is 1. The molecule has 3 nitrogen and oxygen atoms in total. The van der Waals surface area contributed by atoms with Crippen LogP contribution in [0.3, 0.4) is 0 Å². The molecule has 0 saturated carbocycles. The highest BCUT2D eigenvalue weighted by molar-refractivity contribution is 6.33. The van der Waals surface area contributed by atoms with E-state index in [1.54, 1.807) is 18.2 Å². The Morgan fingerprint density at radius 1 is 1.50 bits per heavy atom. The summed E-state index contributed by atoms with van der Waals surface area (Å²) in [7, 11) is 0. The number of benzene rings is 1. The number of nitrogens with one attached hydrogen (secondary N) is 1. The SMILES string of the molecule is CC(C)C(=O)Nc1cc(C#CCCO)ccc1Cl. The fourth-order valence-electron chi connectivity index (χ4n) is 1.20. The molecule has 4 heteroatoms. The third kappa shape index (κ3) is 4.40. The summed E-state index contributed by atoms with van der Waals surface area (Å²) in [4.78, 5) is 11.6. The second kappa shape index (κ2) is 7.05. The maximum atomic E-state index is 11.6. The van der Waals surface area contributed by atoms with Gasteiger partial charge in [-0.25, -0.2) is 0 Å². The van der Waals surface area contributed by atoms with Gasteiger partial charge in [-0.1, -0.05) is 37.3 Å². The van der Waals surface area contributed by atoms with Crippen LogP contribution in [0.15, 0.2) is 18.2 Å². The van der Waals surface area contributed by atoms with Gasteiger partial charge in [0.25, 0.3) is 0 Å². The summed E-state index contributed by atoms with van der Waals surface area (Å²) in [6.45, 7) is 3.67. The van der Waals surface area contributed by atoms with E-state index in [9.17, 15) is 4.79 Å². The predicted molar refractivity (Wildman–Crippen MR) is 73.5 cm³/mol. The topological polar surface area (TPSA) is 49.3 Å². The third-order valence-corrected chi connectivity index (χ3v) is 2.55. The highest BCUT2D eigenvalue weighted by Gasteiger charge is 2.09. The van der Waals surface area contributed by atoms with Gasteiger partial charge in [-0.2, -0.15) is 0 Å². The summed E-state index contributed by atoms with van der Waals surface area (Å²) < 4.78 is 0. The van der Waals surface area contributed by atoms with E-state index in [-0.39, 0.29) is 18.4 Å². The van der Waals surface area contributed by atoms with E-state index in [2.05, 4.69) is 17.2 Å². The van der Waals surface area contributed by atoms with Crippen molar-refractivity contribution in [1.82, 2.24) is 0 Å². The smallest absolute Gasteiger partial charge is 0.226 e. The molecule has 1 amide bonds. The summed E-state index contributed by atoms with van der Waals surface area (Å²) in [5.41, 5.74) is 1.32. The van der Waals surface area contributed by atoms with Crippen molar-refractivity contribution in [2.45, 2.75) is 20.3 Å². The highest BCUT2D eigenvalue weighted by atomic mass is 35.5. The van der Waals surface area contributed by atoms with Gasteiger partial charge in [0.05, 0.1) is 17.3 Å². The molecular weight excluding hydrogens is 250 g/mol. The number of hydrogen-bond donors (Lipinski definition) is 2. The summed E-state index contributed by atoms with van der Waals surface area (Å²) in [6, 6.07) is 5.20. The zero-order chi connectivity index (χ0) is 13.5. The molecule has 0 unspecified atom stereocenters. The van der Waals surface area contributed by atoms with Crippen molar-refractivity contribution in [3.63, 3.8) is 0 Å². The van der Waals surface area contributed by atoms with Crippen LogP contribution >= 0.6 is 11.6 Å². The van der Waals surface area contributed by atoms with Crippen LogP contribution in [0.25, 0.3) is 0 Å². The van der Waals surface area contributed by atoms with Crippen molar-refractivity contribution in [2.24, 2.45) is 5.92 Å². The minimum absolute atomic E-state index is 0.0392. The van der Waals surface area contributed by atoms with E-state index in [1.807, 2.05) is 13.8 Å². The lowest BCUT2D eigenvalue weighted by Gasteiger charge is -2.09. The first-order chi connectivity index (χ1) is 8.54. The molecule has 0 aliphatic carbocycles. The molecule has 1 rings (SSSR count). The van der Waals surface area contributed by atoms with Crippen molar-refractivity contribution in [2.75, 3.05) is 11.9 Å². The van der Waals surface area contributed by atoms with Crippen molar-refractivity contribution in [1.29, 1.82) is 0 Å². The van der Waals surface area contributed by atoms with Crippen LogP contribution in [0, 0.1) is 17.8 Å². The molecule has 0 bridgehead atoms. The van der Waals surface area contributed by atoms with Crippen LogP contribution in [0.2, 0.25) is 5.02 Å². The van der Waals surface area contributed by atoms with Crippen molar-refractivity contribution < 1.29 is 9.90 Å². The molecule has 0 heterocycles. The molecule has 1 aromatic carbocycles. The van der Waals surface area contributed by atoms with E-state index >= 15 is 0 Å². The Balaban J connectivity index is 2.89. The lowest BCUT2D eigenvalue weighted by atomic mass is 10.1. The average molecular weight is 266 g/mol. The van der Waals surface area contributed by atoms with Gasteiger partial charge >= 0.3 is 0 Å². The van der Waals surface area contributed by atoms with Crippen LogP contribution in [0.4, 0.5) is 5.69 Å². The number of aliphatic hydroxyl groups is 1. The lowest BCUT2D eigenvalue weighted by molar-refractivity contribution is -0.118. The normalized spacial score (nSPS) is 9.83. The first kappa shape index (κ1) is 14.6. The fourth-order valence-corrected chi connectivity index (χ4v) is 1.36. The number of hydrogen-bond acceptors (Lipinski definition) is 2. The Labute approximate surface area is 112 Å². The summed E-state index contributed by atoms with van der Waals surface area (Å²) in [5.74, 6) is 5.52. The molecule has 0 atom stereocenters. The molecule has 0 saturated heterocycles. The number of amides is 1. The second-order valence-corrected chi connectivity index (χ2v) is 4.52. The van der Waals surface area contributed by atoms with Gasteiger partial charge < -0.3 is 10.4 Å². The van der Waals surface area contributed by atoms with E-state index in [0.717, 1.165) is 5.56 Å². The largest absolute Gasteiger partial charge is 0.395 e. The number of anilines is 1. The van der Waals surface area contributed by atoms with E-state index < -0.39 is 0 Å². The third-order valence-electron chi connectivity index (χ3n) is 2.22. The van der Waals surface area contributed by atoms with Gasteiger partial charge in [-0.3, -0.25) is 4.79 Å². The van der Waals surface area contributed by atoms with Gasteiger partial charge in [0.15, 0.2) is 0 Å². The number of carbonyl (C=O) groups is 1. The van der Waals surface area contributed by atoms with E-state index in [1.165, 1.54) is 0 Å². The predicted octanol–water partition coefficient (Wildman–Crippen LogP) is 2.67. The number of carbonyl (C=O) groups excluding carboxylic acids is 1. The Morgan fingerprint density at radius 3 is 2.83 bits per heavy atom. The van der Waals surface area contributed by atoms with Crippen molar-refractivity contribution in [3.05, 3.63) is 28.8 Å². The van der Waals surface area contributed by atoms with Gasteiger partial charge in [-0.15, -0.1) is 0 Å². The Hall–Kier alpha value is -1.50. The number of halogens is 1. The maximum absolute atomic E-state index is 11.6. The molecule has 18 heavy (non-hydrogen) atoms. The molecule has 0 aliphatic heterocycles. The van der Waals surface area contributed by atoms with Crippen LogP contribution in [-0.2, 0) is 4.79 Å². The van der Waals surface area contributed by atoms with Gasteiger partial charge in [0, 0.05) is 17.9 Å². The van der Waals surface area contributed by atoms with E-state index in [0.29, 0.717) is 17.1 Å². The lowest BCUT2D eigenvalue weighted by Crippen LogP contribution is -2.18. The standard InChI is InChI=1S/C14H16ClNO2/c1-10(2)14(18)16-13-9-11(5-3-4-8-17)6-7-12(13)15/h6-7,9-10,17H,4,8H2,1-2H3,(H,16,18). The molecule has 2 N–H and O–H groups in total. The molecule has 0 aliphatic rings. The summed E-state index contributed by atoms with van der Waals surface area (Å²) >= 11 is 6.00. The molecule has 0 spiro atoms. The van der Waals surface area contributed by atoms with Crippen molar-refractivity contribution >= 4 is 23.2 Å². The zero-order valence-corrected chi connectivity index (χ0v) is 11.2. The monoisotopic (exact) mass is 265 g/mol. The molecular formula is C14H16ClNO2. The van der Waals surface area contributed by atoms with Crippen LogP contribution in [0.5, 0.6) is 0 Å². The van der Waals surface area contributed by atoms with Crippen LogP contribution in [0.1, 0.15) is 25.8 Å². The maximum Gasteiger partial charge on any atom is 0.226 e. The molecule has 1 aromatic rings. The molecule has 0 fully saturated rings. The minimum atomic E-state index is -0.106. The second-order valence-electron chi connectivity index (χ2n) is 4.11. The quantitative estimate of drug-likeness (QED) is 0.826. The van der Waals surface area contributed by atoms with Gasteiger partial charge in [0.1, 0.15) is 0 Å². The Bertz CT molecular complexity index is 486. The molecule has 0 aromatic heterocycles. The van der Waals surface area contributed by atoms with Gasteiger partial charge in [0.2, 0.25) is 5.91 Å². The Morgan fingerprint density at radius 2 is 2.22 bits per heavy atom. The first-order valence-corrected chi connectivity index (χ1v) is 6.12. The van der Waals surface area contributed by atoms with E-state index in [4.69, 9.17) is 16.7 Å². The van der Waals surface area contributed by atoms with Crippen LogP contribution in [-0.4, -0.2) is 17.6 Å². The molecule has 0 radical (unpaired) electrons. The minimum Gasteiger partial charge on any atom is -0.395 e. The first-order valence-electron chi connectivity index (χ1n) is 5.74. The average Bonchev–Trinajstić information content (AvgIpc) is 2.33. The highest BCUT2D eigenvalue weighted by Crippen LogP contribution is 2.23. The van der Waals surface area contributed by atoms with Crippen LogP contribution < -0.4 is 5.32 Å². The van der Waals surface area contributed by atoms with Crippen molar-refractivity contribution in [3.8, 4) is 11.8 Å². The zero-order valence-electron chi connectivity index (χ0n) is 10.5. The number of rotatable bonds is 3. The summed E-state index contributed by atoms with van der Waals surface area (Å²) in [6.07, 6.45) is 0.427. The fraction of sp³-hybridized carbons (Fsp3) is 0.357. The summed E-state index contributed by atoms with van der Waals surface area (Å²) in [5, 5.41) is 11.9. The van der Waals surface area contributed by atoms with Gasteiger partial charge in [-0.05, 0) is 18.2 Å². The molecule has 96 valence electrons.